The second-order valence-corrected chi connectivity index (χ2v) is 3.79. The SMILES string of the molecule is CC(CCN)C(=O)c1occc1Br. The molecule has 13 heavy (non-hydrogen) atoms. The maximum Gasteiger partial charge on any atom is 0.202 e. The summed E-state index contributed by atoms with van der Waals surface area (Å²) in [6.45, 7) is 2.37. The summed E-state index contributed by atoms with van der Waals surface area (Å²) in [7, 11) is 0. The lowest BCUT2D eigenvalue weighted by Crippen LogP contribution is -2.15. The van der Waals surface area contributed by atoms with Gasteiger partial charge in [0, 0.05) is 5.92 Å². The highest BCUT2D eigenvalue weighted by molar-refractivity contribution is 9.10. The molecule has 1 unspecified atom stereocenters. The largest absolute Gasteiger partial charge is 0.460 e. The van der Waals surface area contributed by atoms with Gasteiger partial charge in [-0.25, -0.2) is 0 Å². The van der Waals surface area contributed by atoms with Gasteiger partial charge in [0.1, 0.15) is 0 Å². The molecule has 0 bridgehead atoms. The highest BCUT2D eigenvalue weighted by Crippen LogP contribution is 2.21. The highest BCUT2D eigenvalue weighted by atomic mass is 79.9. The Morgan fingerprint density at radius 1 is 1.77 bits per heavy atom. The third-order valence-electron chi connectivity index (χ3n) is 1.89. The van der Waals surface area contributed by atoms with Gasteiger partial charge in [0.15, 0.2) is 5.76 Å². The summed E-state index contributed by atoms with van der Waals surface area (Å²) in [6.07, 6.45) is 2.18. The molecule has 3 nitrogen and oxygen atoms in total. The lowest BCUT2D eigenvalue weighted by Gasteiger charge is -2.06. The van der Waals surface area contributed by atoms with E-state index >= 15 is 0 Å². The van der Waals surface area contributed by atoms with Gasteiger partial charge in [-0.15, -0.1) is 0 Å². The molecule has 2 N–H and O–H groups in total. The number of carbonyl (C=O) groups excluding carboxylic acids is 1. The van der Waals surface area contributed by atoms with Crippen molar-refractivity contribution in [2.75, 3.05) is 6.54 Å². The van der Waals surface area contributed by atoms with Crippen LogP contribution in [0.5, 0.6) is 0 Å². The lowest BCUT2D eigenvalue weighted by atomic mass is 10.0. The van der Waals surface area contributed by atoms with Gasteiger partial charge in [-0.2, -0.15) is 0 Å². The number of Topliss-reactive ketones (excluding diaryl/α,β-unsaturated/α-hetero) is 1. The molecule has 72 valence electrons. The second kappa shape index (κ2) is 4.58. The van der Waals surface area contributed by atoms with E-state index in [-0.39, 0.29) is 11.7 Å². The zero-order valence-corrected chi connectivity index (χ0v) is 9.00. The Hall–Kier alpha value is -0.610. The van der Waals surface area contributed by atoms with Crippen molar-refractivity contribution in [3.8, 4) is 0 Å². The summed E-state index contributed by atoms with van der Waals surface area (Å²) in [5.74, 6) is 0.315. The van der Waals surface area contributed by atoms with Crippen LogP contribution in [0.4, 0.5) is 0 Å². The van der Waals surface area contributed by atoms with Crippen molar-refractivity contribution in [2.45, 2.75) is 13.3 Å². The van der Waals surface area contributed by atoms with E-state index in [0.717, 1.165) is 0 Å². The summed E-state index contributed by atoms with van der Waals surface area (Å²) < 4.78 is 5.77. The quantitative estimate of drug-likeness (QED) is 0.828. The Balaban J connectivity index is 2.73. The van der Waals surface area contributed by atoms with E-state index in [9.17, 15) is 4.79 Å². The van der Waals surface area contributed by atoms with E-state index in [2.05, 4.69) is 15.9 Å². The normalized spacial score (nSPS) is 12.8. The number of hydrogen-bond donors (Lipinski definition) is 1. The molecule has 0 aromatic carbocycles. The predicted octanol–water partition coefficient (Wildman–Crippen LogP) is 2.21. The van der Waals surface area contributed by atoms with Gasteiger partial charge in [-0.1, -0.05) is 6.92 Å². The zero-order valence-electron chi connectivity index (χ0n) is 7.42. The molecule has 1 aromatic heterocycles. The Bertz CT molecular complexity index is 296. The first-order chi connectivity index (χ1) is 6.16. The molecular weight excluding hydrogens is 234 g/mol. The van der Waals surface area contributed by atoms with Crippen molar-refractivity contribution in [3.05, 3.63) is 22.6 Å². The molecule has 0 aliphatic carbocycles. The van der Waals surface area contributed by atoms with Crippen molar-refractivity contribution < 1.29 is 9.21 Å². The van der Waals surface area contributed by atoms with Gasteiger partial charge < -0.3 is 10.2 Å². The number of ketones is 1. The average molecular weight is 246 g/mol. The van der Waals surface area contributed by atoms with Crippen molar-refractivity contribution in [2.24, 2.45) is 11.7 Å². The van der Waals surface area contributed by atoms with E-state index in [1.807, 2.05) is 6.92 Å². The van der Waals surface area contributed by atoms with Gasteiger partial charge >= 0.3 is 0 Å². The minimum Gasteiger partial charge on any atom is -0.460 e. The Kier molecular flexibility index (Phi) is 3.69. The van der Waals surface area contributed by atoms with E-state index in [1.165, 1.54) is 6.26 Å². The van der Waals surface area contributed by atoms with Gasteiger partial charge in [0.2, 0.25) is 5.78 Å². The smallest absolute Gasteiger partial charge is 0.202 e. The first kappa shape index (κ1) is 10.5. The number of carbonyl (C=O) groups is 1. The van der Waals surface area contributed by atoms with Gasteiger partial charge in [-0.3, -0.25) is 4.79 Å². The summed E-state index contributed by atoms with van der Waals surface area (Å²) in [6, 6.07) is 1.71. The summed E-state index contributed by atoms with van der Waals surface area (Å²) in [5.41, 5.74) is 5.36. The molecule has 0 saturated heterocycles. The second-order valence-electron chi connectivity index (χ2n) is 2.94. The Morgan fingerprint density at radius 3 is 2.92 bits per heavy atom. The number of rotatable bonds is 4. The van der Waals surface area contributed by atoms with Crippen molar-refractivity contribution in [1.82, 2.24) is 0 Å². The number of nitrogens with two attached hydrogens (primary N) is 1. The molecule has 0 aliphatic heterocycles. The van der Waals surface area contributed by atoms with E-state index in [0.29, 0.717) is 23.2 Å². The lowest BCUT2D eigenvalue weighted by molar-refractivity contribution is 0.0896. The van der Waals surface area contributed by atoms with Crippen LogP contribution < -0.4 is 5.73 Å². The number of hydrogen-bond acceptors (Lipinski definition) is 3. The summed E-state index contributed by atoms with van der Waals surface area (Å²) in [5, 5.41) is 0. The van der Waals surface area contributed by atoms with Gasteiger partial charge in [0.25, 0.3) is 0 Å². The van der Waals surface area contributed by atoms with Gasteiger partial charge in [-0.05, 0) is 35.0 Å². The topological polar surface area (TPSA) is 56.2 Å². The molecule has 0 radical (unpaired) electrons. The molecule has 0 fully saturated rings. The predicted molar refractivity (Wildman–Crippen MR) is 53.6 cm³/mol. The van der Waals surface area contributed by atoms with Crippen LogP contribution >= 0.6 is 15.9 Å². The molecule has 0 spiro atoms. The van der Waals surface area contributed by atoms with Crippen molar-refractivity contribution in [1.29, 1.82) is 0 Å². The summed E-state index contributed by atoms with van der Waals surface area (Å²) in [4.78, 5) is 11.6. The van der Waals surface area contributed by atoms with Crippen LogP contribution in [-0.2, 0) is 0 Å². The molecule has 1 atom stereocenters. The fourth-order valence-electron chi connectivity index (χ4n) is 1.07. The fourth-order valence-corrected chi connectivity index (χ4v) is 1.47. The van der Waals surface area contributed by atoms with E-state index < -0.39 is 0 Å². The molecule has 4 heteroatoms. The highest BCUT2D eigenvalue weighted by Gasteiger charge is 2.19. The molecule has 1 rings (SSSR count). The standard InChI is InChI=1S/C9H12BrNO2/c1-6(2-4-11)8(12)9-7(10)3-5-13-9/h3,5-6H,2,4,11H2,1H3. The number of halogens is 1. The van der Waals surface area contributed by atoms with Crippen LogP contribution in [0.2, 0.25) is 0 Å². The maximum absolute atomic E-state index is 11.6. The molecule has 0 amide bonds. The molecule has 1 aromatic rings. The van der Waals surface area contributed by atoms with Crippen LogP contribution in [0.1, 0.15) is 23.9 Å². The average Bonchev–Trinajstić information content (AvgIpc) is 2.50. The third kappa shape index (κ3) is 2.42. The van der Waals surface area contributed by atoms with Crippen molar-refractivity contribution >= 4 is 21.7 Å². The van der Waals surface area contributed by atoms with Crippen LogP contribution in [0.3, 0.4) is 0 Å². The monoisotopic (exact) mass is 245 g/mol. The maximum atomic E-state index is 11.6. The number of furan rings is 1. The van der Waals surface area contributed by atoms with Crippen molar-refractivity contribution in [3.63, 3.8) is 0 Å². The third-order valence-corrected chi connectivity index (χ3v) is 2.51. The molecule has 0 saturated carbocycles. The Morgan fingerprint density at radius 2 is 2.46 bits per heavy atom. The van der Waals surface area contributed by atoms with Crippen LogP contribution in [0.25, 0.3) is 0 Å². The zero-order chi connectivity index (χ0) is 9.84. The molecule has 0 aliphatic rings. The van der Waals surface area contributed by atoms with Crippen LogP contribution in [0, 0.1) is 5.92 Å². The van der Waals surface area contributed by atoms with Crippen LogP contribution in [0.15, 0.2) is 21.2 Å². The first-order valence-electron chi connectivity index (χ1n) is 4.14. The first-order valence-corrected chi connectivity index (χ1v) is 4.93. The Labute approximate surface area is 85.4 Å². The van der Waals surface area contributed by atoms with Crippen LogP contribution in [-0.4, -0.2) is 12.3 Å². The minimum atomic E-state index is -0.0764. The minimum absolute atomic E-state index is 0.00215. The van der Waals surface area contributed by atoms with E-state index in [1.54, 1.807) is 6.07 Å². The van der Waals surface area contributed by atoms with E-state index in [4.69, 9.17) is 10.2 Å². The fraction of sp³-hybridized carbons (Fsp3) is 0.444. The molecular formula is C9H12BrNO2. The summed E-state index contributed by atoms with van der Waals surface area (Å²) >= 11 is 3.24. The van der Waals surface area contributed by atoms with Gasteiger partial charge in [0.05, 0.1) is 10.7 Å². The molecule has 1 heterocycles.